The lowest BCUT2D eigenvalue weighted by molar-refractivity contribution is -0.384. The summed E-state index contributed by atoms with van der Waals surface area (Å²) in [5, 5.41) is 20.9. The van der Waals surface area contributed by atoms with Gasteiger partial charge in [0.15, 0.2) is 5.82 Å². The summed E-state index contributed by atoms with van der Waals surface area (Å²) in [6, 6.07) is 0. The maximum absolute atomic E-state index is 11.0. The van der Waals surface area contributed by atoms with Crippen molar-refractivity contribution in [3.8, 4) is 0 Å². The minimum absolute atomic E-state index is 0.140. The molecule has 0 amide bonds. The van der Waals surface area contributed by atoms with Gasteiger partial charge < -0.3 is 10.6 Å². The van der Waals surface area contributed by atoms with E-state index >= 15 is 0 Å². The number of nitro groups is 1. The van der Waals surface area contributed by atoms with Crippen molar-refractivity contribution in [3.05, 3.63) is 28.5 Å². The Kier molecular flexibility index (Phi) is 4.59. The number of anilines is 2. The zero-order valence-corrected chi connectivity index (χ0v) is 11.8. The number of rotatable bonds is 7. The smallest absolute Gasteiger partial charge is 0.329 e. The summed E-state index contributed by atoms with van der Waals surface area (Å²) in [6.07, 6.45) is 3.64. The third kappa shape index (κ3) is 3.84. The van der Waals surface area contributed by atoms with Crippen LogP contribution in [-0.4, -0.2) is 36.2 Å². The number of hydrogen-bond acceptors (Lipinski definition) is 8. The van der Waals surface area contributed by atoms with E-state index in [4.69, 9.17) is 0 Å². The van der Waals surface area contributed by atoms with Gasteiger partial charge in [-0.15, -0.1) is 0 Å². The van der Waals surface area contributed by atoms with E-state index < -0.39 is 4.92 Å². The van der Waals surface area contributed by atoms with Gasteiger partial charge in [-0.05, 0) is 6.42 Å². The zero-order valence-electron chi connectivity index (χ0n) is 11.8. The van der Waals surface area contributed by atoms with E-state index in [2.05, 4.69) is 30.7 Å². The summed E-state index contributed by atoms with van der Waals surface area (Å²) in [5.74, 6) is 1.01. The molecule has 0 saturated carbocycles. The van der Waals surface area contributed by atoms with Crippen molar-refractivity contribution < 1.29 is 4.92 Å². The Morgan fingerprint density at radius 2 is 2.19 bits per heavy atom. The predicted molar refractivity (Wildman–Crippen MR) is 75.8 cm³/mol. The average molecular weight is 292 g/mol. The van der Waals surface area contributed by atoms with E-state index in [1.54, 1.807) is 18.1 Å². The van der Waals surface area contributed by atoms with Gasteiger partial charge in [-0.1, -0.05) is 6.92 Å². The van der Waals surface area contributed by atoms with Crippen molar-refractivity contribution in [1.29, 1.82) is 0 Å². The molecular formula is C11H16N8O2. The van der Waals surface area contributed by atoms with Crippen LogP contribution in [0.3, 0.4) is 0 Å². The van der Waals surface area contributed by atoms with Crippen molar-refractivity contribution in [2.24, 2.45) is 7.05 Å². The second kappa shape index (κ2) is 6.59. The molecule has 10 heteroatoms. The van der Waals surface area contributed by atoms with Gasteiger partial charge in [0.25, 0.3) is 0 Å². The Morgan fingerprint density at radius 1 is 1.38 bits per heavy atom. The summed E-state index contributed by atoms with van der Waals surface area (Å²) in [4.78, 5) is 22.5. The number of hydrogen-bond donors (Lipinski definition) is 2. The van der Waals surface area contributed by atoms with Crippen LogP contribution in [0.1, 0.15) is 19.2 Å². The van der Waals surface area contributed by atoms with Gasteiger partial charge in [-0.25, -0.2) is 9.97 Å². The first-order valence-corrected chi connectivity index (χ1v) is 6.44. The van der Waals surface area contributed by atoms with Gasteiger partial charge in [0.2, 0.25) is 11.8 Å². The van der Waals surface area contributed by atoms with Crippen LogP contribution >= 0.6 is 0 Å². The molecule has 0 aliphatic carbocycles. The van der Waals surface area contributed by atoms with Gasteiger partial charge in [0.05, 0.1) is 11.5 Å². The molecule has 21 heavy (non-hydrogen) atoms. The first-order chi connectivity index (χ1) is 10.1. The molecule has 2 heterocycles. The summed E-state index contributed by atoms with van der Waals surface area (Å²) in [6.45, 7) is 2.94. The van der Waals surface area contributed by atoms with Crippen molar-refractivity contribution in [1.82, 2.24) is 24.7 Å². The lowest BCUT2D eigenvalue weighted by Crippen LogP contribution is -2.10. The number of aryl methyl sites for hydroxylation is 1. The highest BCUT2D eigenvalue weighted by molar-refractivity contribution is 5.56. The van der Waals surface area contributed by atoms with E-state index in [1.165, 1.54) is 6.20 Å². The highest BCUT2D eigenvalue weighted by Crippen LogP contribution is 2.22. The SMILES string of the molecule is CCCNc1ncc([N+](=O)[O-])c(NCc2ncn(C)n2)n1. The second-order valence-electron chi connectivity index (χ2n) is 4.30. The highest BCUT2D eigenvalue weighted by atomic mass is 16.6. The Balaban J connectivity index is 2.15. The molecule has 0 spiro atoms. The molecule has 0 unspecified atom stereocenters. The molecule has 2 rings (SSSR count). The maximum Gasteiger partial charge on any atom is 0.329 e. The Morgan fingerprint density at radius 3 is 2.81 bits per heavy atom. The van der Waals surface area contributed by atoms with Crippen LogP contribution in [0.25, 0.3) is 0 Å². The molecule has 0 aromatic carbocycles. The van der Waals surface area contributed by atoms with Gasteiger partial charge in [-0.2, -0.15) is 10.1 Å². The van der Waals surface area contributed by atoms with Crippen LogP contribution in [0.15, 0.2) is 12.5 Å². The van der Waals surface area contributed by atoms with Gasteiger partial charge in [-0.3, -0.25) is 14.8 Å². The summed E-state index contributed by atoms with van der Waals surface area (Å²) in [5.41, 5.74) is -0.187. The number of nitrogens with zero attached hydrogens (tertiary/aromatic N) is 6. The molecule has 2 aromatic heterocycles. The Hall–Kier alpha value is -2.78. The zero-order chi connectivity index (χ0) is 15.2. The van der Waals surface area contributed by atoms with E-state index in [0.717, 1.165) is 6.42 Å². The van der Waals surface area contributed by atoms with Crippen LogP contribution in [0.2, 0.25) is 0 Å². The monoisotopic (exact) mass is 292 g/mol. The maximum atomic E-state index is 11.0. The van der Waals surface area contributed by atoms with Crippen LogP contribution in [-0.2, 0) is 13.6 Å². The molecule has 0 saturated heterocycles. The van der Waals surface area contributed by atoms with E-state index in [0.29, 0.717) is 18.3 Å². The molecule has 2 aromatic rings. The molecule has 0 radical (unpaired) electrons. The normalized spacial score (nSPS) is 10.4. The summed E-state index contributed by atoms with van der Waals surface area (Å²) >= 11 is 0. The molecule has 112 valence electrons. The van der Waals surface area contributed by atoms with Crippen molar-refractivity contribution in [3.63, 3.8) is 0 Å². The summed E-state index contributed by atoms with van der Waals surface area (Å²) < 4.78 is 1.56. The van der Waals surface area contributed by atoms with Crippen molar-refractivity contribution >= 4 is 17.5 Å². The third-order valence-corrected chi connectivity index (χ3v) is 2.56. The van der Waals surface area contributed by atoms with Gasteiger partial charge in [0.1, 0.15) is 12.5 Å². The second-order valence-corrected chi connectivity index (χ2v) is 4.30. The molecule has 2 N–H and O–H groups in total. The van der Waals surface area contributed by atoms with Gasteiger partial charge in [0, 0.05) is 13.6 Å². The molecular weight excluding hydrogens is 276 g/mol. The first kappa shape index (κ1) is 14.6. The van der Waals surface area contributed by atoms with E-state index in [-0.39, 0.29) is 18.1 Å². The molecule has 0 aliphatic heterocycles. The number of aromatic nitrogens is 5. The average Bonchev–Trinajstić information content (AvgIpc) is 2.88. The van der Waals surface area contributed by atoms with E-state index in [1.807, 2.05) is 6.92 Å². The predicted octanol–water partition coefficient (Wildman–Crippen LogP) is 0.947. The molecule has 0 aliphatic rings. The fourth-order valence-corrected chi connectivity index (χ4v) is 1.59. The first-order valence-electron chi connectivity index (χ1n) is 6.44. The van der Waals surface area contributed by atoms with Crippen molar-refractivity contribution in [2.45, 2.75) is 19.9 Å². The fourth-order valence-electron chi connectivity index (χ4n) is 1.59. The number of nitrogens with one attached hydrogen (secondary N) is 2. The molecule has 0 fully saturated rings. The lowest BCUT2D eigenvalue weighted by atomic mass is 10.4. The minimum Gasteiger partial charge on any atom is -0.357 e. The molecule has 10 nitrogen and oxygen atoms in total. The van der Waals surface area contributed by atoms with E-state index in [9.17, 15) is 10.1 Å². The summed E-state index contributed by atoms with van der Waals surface area (Å²) in [7, 11) is 1.75. The molecule has 0 atom stereocenters. The standard InChI is InChI=1S/C11H16N8O2/c1-3-4-12-11-14-5-8(19(20)21)10(16-11)13-6-9-15-7-18(2)17-9/h5,7H,3-4,6H2,1-2H3,(H2,12,13,14,16). The largest absolute Gasteiger partial charge is 0.357 e. The third-order valence-electron chi connectivity index (χ3n) is 2.56. The van der Waals surface area contributed by atoms with Crippen LogP contribution in [0, 0.1) is 10.1 Å². The van der Waals surface area contributed by atoms with Crippen LogP contribution in [0.4, 0.5) is 17.5 Å². The van der Waals surface area contributed by atoms with Gasteiger partial charge >= 0.3 is 5.69 Å². The lowest BCUT2D eigenvalue weighted by Gasteiger charge is -2.07. The Labute approximate surface area is 120 Å². The van der Waals surface area contributed by atoms with Crippen LogP contribution in [0.5, 0.6) is 0 Å². The highest BCUT2D eigenvalue weighted by Gasteiger charge is 2.17. The fraction of sp³-hybridized carbons (Fsp3) is 0.455. The topological polar surface area (TPSA) is 124 Å². The molecule has 0 bridgehead atoms. The minimum atomic E-state index is -0.530. The van der Waals surface area contributed by atoms with Crippen molar-refractivity contribution in [2.75, 3.05) is 17.2 Å². The quantitative estimate of drug-likeness (QED) is 0.571. The van der Waals surface area contributed by atoms with Crippen LogP contribution < -0.4 is 10.6 Å². The Bertz CT molecular complexity index is 626.